The summed E-state index contributed by atoms with van der Waals surface area (Å²) < 4.78 is 1.89. The van der Waals surface area contributed by atoms with Crippen LogP contribution in [0.5, 0.6) is 0 Å². The highest BCUT2D eigenvalue weighted by Gasteiger charge is 2.21. The maximum atomic E-state index is 11.1. The highest BCUT2D eigenvalue weighted by Crippen LogP contribution is 2.17. The smallest absolute Gasteiger partial charge is 0.314 e. The molecule has 2 amide bonds. The van der Waals surface area contributed by atoms with Crippen LogP contribution >= 0.6 is 11.6 Å². The Bertz CT molecular complexity index is 661. The number of amides is 2. The van der Waals surface area contributed by atoms with E-state index in [1.807, 2.05) is 41.3 Å². The first-order valence-electron chi connectivity index (χ1n) is 7.68. The van der Waals surface area contributed by atoms with Crippen LogP contribution in [0.3, 0.4) is 0 Å². The fraction of sp³-hybridized carbons (Fsp3) is 0.375. The Morgan fingerprint density at radius 2 is 2.00 bits per heavy atom. The summed E-state index contributed by atoms with van der Waals surface area (Å²) in [5.74, 6) is 0. The van der Waals surface area contributed by atoms with Gasteiger partial charge in [0.2, 0.25) is 0 Å². The molecule has 0 spiro atoms. The van der Waals surface area contributed by atoms with E-state index in [2.05, 4.69) is 10.4 Å². The topological polar surface area (TPSA) is 76.2 Å². The van der Waals surface area contributed by atoms with Crippen molar-refractivity contribution in [1.29, 1.82) is 0 Å². The second-order valence-electron chi connectivity index (χ2n) is 5.80. The number of nitrogens with one attached hydrogen (secondary N) is 1. The minimum atomic E-state index is -0.334. The van der Waals surface area contributed by atoms with Crippen molar-refractivity contribution in [2.45, 2.75) is 25.4 Å². The first-order valence-corrected chi connectivity index (χ1v) is 8.06. The van der Waals surface area contributed by atoms with E-state index in [0.29, 0.717) is 25.7 Å². The van der Waals surface area contributed by atoms with Gasteiger partial charge in [-0.15, -0.1) is 0 Å². The van der Waals surface area contributed by atoms with Gasteiger partial charge in [-0.1, -0.05) is 23.7 Å². The Hall–Kier alpha value is -2.21. The maximum Gasteiger partial charge on any atom is 0.314 e. The van der Waals surface area contributed by atoms with E-state index in [-0.39, 0.29) is 6.03 Å². The van der Waals surface area contributed by atoms with Crippen molar-refractivity contribution in [2.24, 2.45) is 5.73 Å². The molecule has 0 unspecified atom stereocenters. The van der Waals surface area contributed by atoms with E-state index >= 15 is 0 Å². The molecule has 1 aromatic heterocycles. The number of primary amides is 1. The maximum absolute atomic E-state index is 11.1. The molecule has 0 bridgehead atoms. The summed E-state index contributed by atoms with van der Waals surface area (Å²) in [7, 11) is 0. The number of rotatable bonds is 4. The van der Waals surface area contributed by atoms with Crippen molar-refractivity contribution in [3.63, 3.8) is 0 Å². The van der Waals surface area contributed by atoms with Crippen LogP contribution in [-0.2, 0) is 6.54 Å². The number of anilines is 1. The Balaban J connectivity index is 1.53. The minimum Gasteiger partial charge on any atom is -0.380 e. The van der Waals surface area contributed by atoms with Crippen LogP contribution in [0.15, 0.2) is 36.7 Å². The lowest BCUT2D eigenvalue weighted by molar-refractivity contribution is 0.193. The number of carbonyl (C=O) groups is 1. The average Bonchev–Trinajstić information content (AvgIpc) is 2.97. The molecule has 1 aromatic carbocycles. The van der Waals surface area contributed by atoms with Crippen LogP contribution in [0, 0.1) is 0 Å². The zero-order valence-electron chi connectivity index (χ0n) is 12.8. The second kappa shape index (κ2) is 6.91. The molecule has 0 radical (unpaired) electrons. The molecule has 23 heavy (non-hydrogen) atoms. The van der Waals surface area contributed by atoms with Gasteiger partial charge in [-0.05, 0) is 30.5 Å². The summed E-state index contributed by atoms with van der Waals surface area (Å²) in [4.78, 5) is 12.8. The zero-order chi connectivity index (χ0) is 16.2. The molecule has 6 nitrogen and oxygen atoms in total. The predicted octanol–water partition coefficient (Wildman–Crippen LogP) is 2.54. The molecule has 3 N–H and O–H groups in total. The number of likely N-dealkylation sites (tertiary alicyclic amines) is 1. The molecule has 7 heteroatoms. The van der Waals surface area contributed by atoms with Gasteiger partial charge >= 0.3 is 6.03 Å². The number of hydrogen-bond acceptors (Lipinski definition) is 3. The van der Waals surface area contributed by atoms with Crippen molar-refractivity contribution in [2.75, 3.05) is 18.4 Å². The van der Waals surface area contributed by atoms with E-state index in [1.54, 1.807) is 4.90 Å². The minimum absolute atomic E-state index is 0.334. The predicted molar refractivity (Wildman–Crippen MR) is 90.6 cm³/mol. The van der Waals surface area contributed by atoms with Gasteiger partial charge in [0, 0.05) is 30.4 Å². The SMILES string of the molecule is NC(=O)N1CCC(Nc2cnn(Cc3ccc(Cl)cc3)c2)CC1. The van der Waals surface area contributed by atoms with Crippen molar-refractivity contribution in [1.82, 2.24) is 14.7 Å². The third-order valence-corrected chi connectivity index (χ3v) is 4.32. The third kappa shape index (κ3) is 4.16. The molecular weight excluding hydrogens is 314 g/mol. The fourth-order valence-electron chi connectivity index (χ4n) is 2.78. The molecule has 122 valence electrons. The molecular formula is C16H20ClN5O. The molecule has 0 saturated carbocycles. The lowest BCUT2D eigenvalue weighted by Crippen LogP contribution is -2.44. The van der Waals surface area contributed by atoms with E-state index in [4.69, 9.17) is 17.3 Å². The quantitative estimate of drug-likeness (QED) is 0.902. The van der Waals surface area contributed by atoms with Gasteiger partial charge in [0.05, 0.1) is 18.4 Å². The van der Waals surface area contributed by atoms with Crippen molar-refractivity contribution < 1.29 is 4.79 Å². The largest absolute Gasteiger partial charge is 0.380 e. The second-order valence-corrected chi connectivity index (χ2v) is 6.23. The van der Waals surface area contributed by atoms with Gasteiger partial charge in [0.15, 0.2) is 0 Å². The van der Waals surface area contributed by atoms with Crippen LogP contribution in [-0.4, -0.2) is 39.8 Å². The molecule has 1 fully saturated rings. The van der Waals surface area contributed by atoms with Crippen molar-refractivity contribution >= 4 is 23.3 Å². The number of nitrogens with zero attached hydrogens (tertiary/aromatic N) is 3. The van der Waals surface area contributed by atoms with E-state index < -0.39 is 0 Å². The first-order chi connectivity index (χ1) is 11.1. The lowest BCUT2D eigenvalue weighted by Gasteiger charge is -2.31. The lowest BCUT2D eigenvalue weighted by atomic mass is 10.1. The van der Waals surface area contributed by atoms with Crippen molar-refractivity contribution in [3.8, 4) is 0 Å². The van der Waals surface area contributed by atoms with Crippen LogP contribution in [0.4, 0.5) is 10.5 Å². The summed E-state index contributed by atoms with van der Waals surface area (Å²) in [6, 6.07) is 7.77. The molecule has 1 aliphatic heterocycles. The van der Waals surface area contributed by atoms with Crippen LogP contribution in [0.2, 0.25) is 5.02 Å². The summed E-state index contributed by atoms with van der Waals surface area (Å²) in [5, 5.41) is 8.59. The summed E-state index contributed by atoms with van der Waals surface area (Å²) in [6.07, 6.45) is 5.61. The van der Waals surface area contributed by atoms with Gasteiger partial charge in [-0.25, -0.2) is 4.79 Å². The molecule has 2 heterocycles. The number of hydrogen-bond donors (Lipinski definition) is 2. The zero-order valence-corrected chi connectivity index (χ0v) is 13.5. The summed E-state index contributed by atoms with van der Waals surface area (Å²) >= 11 is 5.89. The highest BCUT2D eigenvalue weighted by molar-refractivity contribution is 6.30. The molecule has 1 aliphatic rings. The number of nitrogens with two attached hydrogens (primary N) is 1. The van der Waals surface area contributed by atoms with Gasteiger partial charge in [0.25, 0.3) is 0 Å². The third-order valence-electron chi connectivity index (χ3n) is 4.07. The average molecular weight is 334 g/mol. The van der Waals surface area contributed by atoms with Gasteiger partial charge in [0.1, 0.15) is 0 Å². The van der Waals surface area contributed by atoms with E-state index in [0.717, 1.165) is 29.1 Å². The Kier molecular flexibility index (Phi) is 4.71. The number of halogens is 1. The van der Waals surface area contributed by atoms with Crippen molar-refractivity contribution in [3.05, 3.63) is 47.2 Å². The van der Waals surface area contributed by atoms with Crippen LogP contribution in [0.1, 0.15) is 18.4 Å². The van der Waals surface area contributed by atoms with Gasteiger partial charge < -0.3 is 16.0 Å². The van der Waals surface area contributed by atoms with Crippen LogP contribution < -0.4 is 11.1 Å². The molecule has 1 saturated heterocycles. The van der Waals surface area contributed by atoms with Gasteiger partial charge in [-0.2, -0.15) is 5.10 Å². The van der Waals surface area contributed by atoms with E-state index in [9.17, 15) is 4.79 Å². The normalized spacial score (nSPS) is 15.6. The Labute approximate surface area is 140 Å². The standard InChI is InChI=1S/C16H20ClN5O/c17-13-3-1-12(2-4-13)10-22-11-15(9-19-22)20-14-5-7-21(8-6-14)16(18)23/h1-4,9,11,14,20H,5-8,10H2,(H2,18,23). The monoisotopic (exact) mass is 333 g/mol. The Morgan fingerprint density at radius 1 is 1.30 bits per heavy atom. The number of piperidine rings is 1. The first kappa shape index (κ1) is 15.7. The summed E-state index contributed by atoms with van der Waals surface area (Å²) in [5.41, 5.74) is 7.44. The molecule has 0 aliphatic carbocycles. The number of urea groups is 1. The van der Waals surface area contributed by atoms with E-state index in [1.165, 1.54) is 0 Å². The van der Waals surface area contributed by atoms with Crippen LogP contribution in [0.25, 0.3) is 0 Å². The fourth-order valence-corrected chi connectivity index (χ4v) is 2.91. The number of carbonyl (C=O) groups excluding carboxylic acids is 1. The Morgan fingerprint density at radius 3 is 2.65 bits per heavy atom. The molecule has 3 rings (SSSR count). The number of aromatic nitrogens is 2. The number of benzene rings is 1. The van der Waals surface area contributed by atoms with Gasteiger partial charge in [-0.3, -0.25) is 4.68 Å². The summed E-state index contributed by atoms with van der Waals surface area (Å²) in [6.45, 7) is 2.11. The molecule has 2 aromatic rings. The molecule has 0 atom stereocenters. The highest BCUT2D eigenvalue weighted by atomic mass is 35.5.